The van der Waals surface area contributed by atoms with Gasteiger partial charge in [-0.3, -0.25) is 5.43 Å². The summed E-state index contributed by atoms with van der Waals surface area (Å²) >= 11 is 5.78. The number of hydrogen-bond acceptors (Lipinski definition) is 2. The van der Waals surface area contributed by atoms with E-state index in [0.29, 0.717) is 6.07 Å². The van der Waals surface area contributed by atoms with Crippen LogP contribution < -0.4 is 5.43 Å². The molecule has 2 aromatic carbocycles. The zero-order valence-electron chi connectivity index (χ0n) is 9.50. The van der Waals surface area contributed by atoms with Crippen LogP contribution in [0, 0.1) is 17.5 Å². The standard InChI is InChI=1S/C13H8ClF3N2/c14-10-2-1-3-11(16)9(10)7-18-19-13-5-4-8(15)6-12(13)17/h1-7,19H. The first-order valence-electron chi connectivity index (χ1n) is 5.26. The molecule has 2 nitrogen and oxygen atoms in total. The van der Waals surface area contributed by atoms with E-state index in [1.807, 2.05) is 0 Å². The molecular weight excluding hydrogens is 277 g/mol. The van der Waals surface area contributed by atoms with E-state index >= 15 is 0 Å². The van der Waals surface area contributed by atoms with Crippen LogP contribution >= 0.6 is 11.6 Å². The summed E-state index contributed by atoms with van der Waals surface area (Å²) in [5.74, 6) is -2.03. The third kappa shape index (κ3) is 3.26. The van der Waals surface area contributed by atoms with Gasteiger partial charge in [-0.25, -0.2) is 13.2 Å². The van der Waals surface area contributed by atoms with Crippen molar-refractivity contribution in [3.05, 3.63) is 64.4 Å². The van der Waals surface area contributed by atoms with Gasteiger partial charge in [0.15, 0.2) is 5.82 Å². The van der Waals surface area contributed by atoms with Crippen LogP contribution in [0.15, 0.2) is 41.5 Å². The molecule has 0 radical (unpaired) electrons. The minimum absolute atomic E-state index is 0.0230. The van der Waals surface area contributed by atoms with E-state index in [0.717, 1.165) is 12.3 Å². The van der Waals surface area contributed by atoms with Crippen LogP contribution in [0.5, 0.6) is 0 Å². The summed E-state index contributed by atoms with van der Waals surface area (Å²) in [5, 5.41) is 3.85. The SMILES string of the molecule is Fc1ccc(NN=Cc2c(F)cccc2Cl)c(F)c1. The molecule has 0 aliphatic carbocycles. The van der Waals surface area contributed by atoms with E-state index in [1.54, 1.807) is 0 Å². The average Bonchev–Trinajstić information content (AvgIpc) is 2.35. The van der Waals surface area contributed by atoms with Crippen LogP contribution in [0.4, 0.5) is 18.9 Å². The van der Waals surface area contributed by atoms with E-state index in [4.69, 9.17) is 11.6 Å². The lowest BCUT2D eigenvalue weighted by Gasteiger charge is -2.02. The molecule has 0 heterocycles. The summed E-state index contributed by atoms with van der Waals surface area (Å²) in [6.45, 7) is 0. The quantitative estimate of drug-likeness (QED) is 0.663. The molecule has 0 saturated carbocycles. The molecule has 0 saturated heterocycles. The van der Waals surface area contributed by atoms with Crippen LogP contribution in [0.2, 0.25) is 5.02 Å². The first-order chi connectivity index (χ1) is 9.08. The highest BCUT2D eigenvalue weighted by atomic mass is 35.5. The highest BCUT2D eigenvalue weighted by Gasteiger charge is 2.04. The molecule has 0 aliphatic heterocycles. The van der Waals surface area contributed by atoms with Gasteiger partial charge in [0.25, 0.3) is 0 Å². The monoisotopic (exact) mass is 284 g/mol. The minimum atomic E-state index is -0.795. The molecule has 0 bridgehead atoms. The van der Waals surface area contributed by atoms with Crippen LogP contribution in [-0.4, -0.2) is 6.21 Å². The van der Waals surface area contributed by atoms with Gasteiger partial charge in [0.1, 0.15) is 11.6 Å². The van der Waals surface area contributed by atoms with Gasteiger partial charge >= 0.3 is 0 Å². The molecule has 0 fully saturated rings. The lowest BCUT2D eigenvalue weighted by Crippen LogP contribution is -1.96. The van der Waals surface area contributed by atoms with E-state index in [1.165, 1.54) is 24.3 Å². The normalized spacial score (nSPS) is 10.9. The van der Waals surface area contributed by atoms with Crippen LogP contribution in [0.1, 0.15) is 5.56 Å². The number of anilines is 1. The molecule has 19 heavy (non-hydrogen) atoms. The Labute approximate surface area is 112 Å². The Balaban J connectivity index is 2.16. The Morgan fingerprint density at radius 3 is 2.53 bits per heavy atom. The number of benzene rings is 2. The van der Waals surface area contributed by atoms with E-state index in [-0.39, 0.29) is 16.3 Å². The van der Waals surface area contributed by atoms with Crippen LogP contribution in [0.25, 0.3) is 0 Å². The Morgan fingerprint density at radius 2 is 1.84 bits per heavy atom. The van der Waals surface area contributed by atoms with E-state index in [2.05, 4.69) is 10.5 Å². The van der Waals surface area contributed by atoms with Crippen molar-refractivity contribution >= 4 is 23.5 Å². The summed E-state index contributed by atoms with van der Waals surface area (Å²) in [6.07, 6.45) is 1.13. The molecule has 1 N–H and O–H groups in total. The average molecular weight is 285 g/mol. The van der Waals surface area contributed by atoms with Crippen molar-refractivity contribution in [2.24, 2.45) is 5.10 Å². The molecule has 0 aromatic heterocycles. The lowest BCUT2D eigenvalue weighted by molar-refractivity contribution is 0.585. The summed E-state index contributed by atoms with van der Waals surface area (Å²) in [5.41, 5.74) is 2.41. The van der Waals surface area contributed by atoms with Gasteiger partial charge in [-0.15, -0.1) is 0 Å². The first-order valence-corrected chi connectivity index (χ1v) is 5.64. The third-order valence-corrected chi connectivity index (χ3v) is 2.64. The molecule has 0 amide bonds. The lowest BCUT2D eigenvalue weighted by atomic mass is 10.2. The van der Waals surface area contributed by atoms with Crippen molar-refractivity contribution in [1.82, 2.24) is 0 Å². The van der Waals surface area contributed by atoms with Gasteiger partial charge in [-0.2, -0.15) is 5.10 Å². The Morgan fingerprint density at radius 1 is 1.05 bits per heavy atom. The number of rotatable bonds is 3. The Kier molecular flexibility index (Phi) is 4.06. The van der Waals surface area contributed by atoms with Crippen molar-refractivity contribution in [2.45, 2.75) is 0 Å². The van der Waals surface area contributed by atoms with E-state index in [9.17, 15) is 13.2 Å². The molecule has 0 aliphatic rings. The second-order valence-electron chi connectivity index (χ2n) is 3.63. The predicted octanol–water partition coefficient (Wildman–Crippen LogP) is 4.20. The fraction of sp³-hybridized carbons (Fsp3) is 0. The fourth-order valence-corrected chi connectivity index (χ4v) is 1.59. The van der Waals surface area contributed by atoms with Gasteiger partial charge in [0.2, 0.25) is 0 Å². The third-order valence-electron chi connectivity index (χ3n) is 2.31. The van der Waals surface area contributed by atoms with Gasteiger partial charge < -0.3 is 0 Å². The van der Waals surface area contributed by atoms with Crippen molar-refractivity contribution in [1.29, 1.82) is 0 Å². The maximum atomic E-state index is 13.4. The van der Waals surface area contributed by atoms with Crippen LogP contribution in [0.3, 0.4) is 0 Å². The second-order valence-corrected chi connectivity index (χ2v) is 4.04. The van der Waals surface area contributed by atoms with Crippen molar-refractivity contribution < 1.29 is 13.2 Å². The maximum absolute atomic E-state index is 13.4. The van der Waals surface area contributed by atoms with Crippen molar-refractivity contribution in [3.63, 3.8) is 0 Å². The maximum Gasteiger partial charge on any atom is 0.151 e. The number of halogens is 4. The largest absolute Gasteiger partial charge is 0.276 e. The van der Waals surface area contributed by atoms with Gasteiger partial charge in [-0.05, 0) is 24.3 Å². The Bertz CT molecular complexity index is 609. The van der Waals surface area contributed by atoms with Gasteiger partial charge in [0, 0.05) is 11.6 Å². The number of hydrazone groups is 1. The highest BCUT2D eigenvalue weighted by molar-refractivity contribution is 6.33. The molecule has 2 aromatic rings. The molecule has 6 heteroatoms. The molecule has 0 unspecified atom stereocenters. The van der Waals surface area contributed by atoms with Crippen molar-refractivity contribution in [3.8, 4) is 0 Å². The van der Waals surface area contributed by atoms with Crippen molar-refractivity contribution in [2.75, 3.05) is 5.43 Å². The first kappa shape index (κ1) is 13.4. The number of nitrogens with zero attached hydrogens (tertiary/aromatic N) is 1. The molecular formula is C13H8ClF3N2. The number of hydrogen-bond donors (Lipinski definition) is 1. The van der Waals surface area contributed by atoms with E-state index < -0.39 is 17.5 Å². The van der Waals surface area contributed by atoms with Gasteiger partial charge in [0.05, 0.1) is 16.9 Å². The zero-order chi connectivity index (χ0) is 13.8. The zero-order valence-corrected chi connectivity index (χ0v) is 10.3. The smallest absolute Gasteiger partial charge is 0.151 e. The summed E-state index contributed by atoms with van der Waals surface area (Å²) in [7, 11) is 0. The molecule has 2 rings (SSSR count). The second kappa shape index (κ2) is 5.75. The van der Waals surface area contributed by atoms with Crippen LogP contribution in [-0.2, 0) is 0 Å². The highest BCUT2D eigenvalue weighted by Crippen LogP contribution is 2.18. The molecule has 0 spiro atoms. The van der Waals surface area contributed by atoms with Gasteiger partial charge in [-0.1, -0.05) is 17.7 Å². The number of nitrogens with one attached hydrogen (secondary N) is 1. The molecule has 98 valence electrons. The minimum Gasteiger partial charge on any atom is -0.276 e. The predicted molar refractivity (Wildman–Crippen MR) is 69.0 cm³/mol. The summed E-state index contributed by atoms with van der Waals surface area (Å²) in [6, 6.07) is 7.17. The fourth-order valence-electron chi connectivity index (χ4n) is 1.38. The summed E-state index contributed by atoms with van der Waals surface area (Å²) in [4.78, 5) is 0. The topological polar surface area (TPSA) is 24.4 Å². The molecule has 0 atom stereocenters. The Hall–Kier alpha value is -2.01. The summed E-state index contributed by atoms with van der Waals surface area (Å²) < 4.78 is 39.3.